The Morgan fingerprint density at radius 3 is 2.10 bits per heavy atom. The zero-order valence-corrected chi connectivity index (χ0v) is 30.5. The molecule has 1 N–H and O–H groups in total. The van der Waals surface area contributed by atoms with Crippen LogP contribution >= 0.6 is 23.2 Å². The minimum atomic E-state index is -4.21. The Labute approximate surface area is 300 Å². The highest BCUT2D eigenvalue weighted by Gasteiger charge is 2.36. The molecule has 4 aromatic rings. The van der Waals surface area contributed by atoms with Gasteiger partial charge in [0.05, 0.1) is 10.6 Å². The first kappa shape index (κ1) is 36.4. The molecule has 49 heavy (non-hydrogen) atoms. The number of benzene rings is 4. The summed E-state index contributed by atoms with van der Waals surface area (Å²) in [6.45, 7) is 5.08. The summed E-state index contributed by atoms with van der Waals surface area (Å²) < 4.78 is 29.9. The Bertz CT molecular complexity index is 1860. The fraction of sp³-hybridized carbons (Fsp3) is 0.333. The third-order valence-electron chi connectivity index (χ3n) is 8.96. The summed E-state index contributed by atoms with van der Waals surface area (Å²) in [6.07, 6.45) is 5.15. The minimum Gasteiger partial charge on any atom is -0.352 e. The maximum absolute atomic E-state index is 14.8. The molecular weight excluding hydrogens is 677 g/mol. The van der Waals surface area contributed by atoms with Crippen LogP contribution in [0.5, 0.6) is 0 Å². The monoisotopic (exact) mass is 719 g/mol. The van der Waals surface area contributed by atoms with Gasteiger partial charge in [-0.05, 0) is 92.3 Å². The molecule has 0 aliphatic heterocycles. The largest absolute Gasteiger partial charge is 0.352 e. The molecule has 4 aromatic carbocycles. The van der Waals surface area contributed by atoms with Crippen LogP contribution in [0, 0.1) is 20.8 Å². The Morgan fingerprint density at radius 1 is 0.816 bits per heavy atom. The number of anilines is 1. The van der Waals surface area contributed by atoms with Crippen LogP contribution < -0.4 is 9.62 Å². The van der Waals surface area contributed by atoms with Gasteiger partial charge < -0.3 is 10.2 Å². The first-order valence-electron chi connectivity index (χ1n) is 16.7. The van der Waals surface area contributed by atoms with E-state index < -0.39 is 28.5 Å². The third kappa shape index (κ3) is 9.44. The number of rotatable bonds is 12. The van der Waals surface area contributed by atoms with Crippen molar-refractivity contribution in [1.82, 2.24) is 10.2 Å². The number of hydrogen-bond donors (Lipinski definition) is 1. The van der Waals surface area contributed by atoms with Crippen LogP contribution in [0.15, 0.2) is 95.9 Å². The van der Waals surface area contributed by atoms with Gasteiger partial charge in [-0.25, -0.2) is 8.42 Å². The van der Waals surface area contributed by atoms with Crippen LogP contribution in [0.1, 0.15) is 59.9 Å². The Hall–Kier alpha value is -3.85. The fourth-order valence-electron chi connectivity index (χ4n) is 6.39. The molecule has 0 saturated heterocycles. The topological polar surface area (TPSA) is 86.8 Å². The molecule has 1 atom stereocenters. The van der Waals surface area contributed by atoms with E-state index in [4.69, 9.17) is 23.2 Å². The predicted molar refractivity (Wildman–Crippen MR) is 198 cm³/mol. The third-order valence-corrected chi connectivity index (χ3v) is 11.3. The predicted octanol–water partition coefficient (Wildman–Crippen LogP) is 8.20. The molecule has 0 unspecified atom stereocenters. The standard InChI is InChI=1S/C39H43Cl2N3O4S/c1-27-14-18-35(19-15-27)49(47,48)44(34-21-28(2)20-29(3)22-34)26-38(45)43(25-31-16-17-32(40)24-36(31)41)37(23-30-10-6-4-7-11-30)39(46)42-33-12-8-5-9-13-33/h4,6-7,10-11,14-22,24,33,37H,5,8-9,12-13,23,25-26H2,1-3H3,(H,42,46)/t37-/m0/s1. The SMILES string of the molecule is Cc1ccc(S(=O)(=O)N(CC(=O)N(Cc2ccc(Cl)cc2Cl)[C@@H](Cc2ccccc2)C(=O)NC2CCCCC2)c2cc(C)cc(C)c2)cc1. The number of halogens is 2. The highest BCUT2D eigenvalue weighted by Crippen LogP contribution is 2.29. The lowest BCUT2D eigenvalue weighted by molar-refractivity contribution is -0.140. The number of nitrogens with zero attached hydrogens (tertiary/aromatic N) is 2. The van der Waals surface area contributed by atoms with Gasteiger partial charge >= 0.3 is 0 Å². The smallest absolute Gasteiger partial charge is 0.264 e. The lowest BCUT2D eigenvalue weighted by Gasteiger charge is -2.35. The van der Waals surface area contributed by atoms with E-state index in [2.05, 4.69) is 5.32 Å². The van der Waals surface area contributed by atoms with Crippen molar-refractivity contribution >= 4 is 50.7 Å². The van der Waals surface area contributed by atoms with E-state index in [9.17, 15) is 18.0 Å². The molecule has 0 heterocycles. The second-order valence-electron chi connectivity index (χ2n) is 13.0. The van der Waals surface area contributed by atoms with E-state index in [1.165, 1.54) is 4.90 Å². The van der Waals surface area contributed by atoms with Gasteiger partial charge in [0, 0.05) is 29.1 Å². The summed E-state index contributed by atoms with van der Waals surface area (Å²) in [7, 11) is -4.21. The van der Waals surface area contributed by atoms with Crippen molar-refractivity contribution in [3.63, 3.8) is 0 Å². The number of carbonyl (C=O) groups excluding carboxylic acids is 2. The van der Waals surface area contributed by atoms with E-state index in [1.807, 2.05) is 57.2 Å². The molecule has 1 fully saturated rings. The highest BCUT2D eigenvalue weighted by molar-refractivity contribution is 7.92. The van der Waals surface area contributed by atoms with Crippen LogP contribution in [0.25, 0.3) is 0 Å². The van der Waals surface area contributed by atoms with Gasteiger partial charge in [0.2, 0.25) is 11.8 Å². The van der Waals surface area contributed by atoms with Crippen LogP contribution in [0.2, 0.25) is 10.0 Å². The van der Waals surface area contributed by atoms with E-state index in [1.54, 1.807) is 54.6 Å². The minimum absolute atomic E-state index is 0.00396. The molecule has 1 saturated carbocycles. The summed E-state index contributed by atoms with van der Waals surface area (Å²) >= 11 is 12.9. The number of carbonyl (C=O) groups is 2. The van der Waals surface area contributed by atoms with Crippen LogP contribution in [-0.2, 0) is 32.6 Å². The summed E-state index contributed by atoms with van der Waals surface area (Å²) in [5, 5.41) is 4.01. The van der Waals surface area contributed by atoms with Gasteiger partial charge in [-0.3, -0.25) is 13.9 Å². The van der Waals surface area contributed by atoms with Crippen LogP contribution in [-0.4, -0.2) is 43.8 Å². The highest BCUT2D eigenvalue weighted by atomic mass is 35.5. The normalized spacial score (nSPS) is 14.2. The van der Waals surface area contributed by atoms with Crippen molar-refractivity contribution in [3.05, 3.63) is 129 Å². The molecule has 1 aliphatic rings. The van der Waals surface area contributed by atoms with Crippen molar-refractivity contribution < 1.29 is 18.0 Å². The van der Waals surface area contributed by atoms with Crippen molar-refractivity contribution in [2.75, 3.05) is 10.8 Å². The maximum Gasteiger partial charge on any atom is 0.264 e. The molecule has 0 radical (unpaired) electrons. The quantitative estimate of drug-likeness (QED) is 0.160. The molecule has 7 nitrogen and oxygen atoms in total. The molecule has 1 aliphatic carbocycles. The molecule has 0 bridgehead atoms. The van der Waals surface area contributed by atoms with Gasteiger partial charge in [0.15, 0.2) is 0 Å². The van der Waals surface area contributed by atoms with Crippen molar-refractivity contribution in [3.8, 4) is 0 Å². The molecule has 0 spiro atoms. The zero-order valence-electron chi connectivity index (χ0n) is 28.2. The summed E-state index contributed by atoms with van der Waals surface area (Å²) in [4.78, 5) is 30.6. The molecule has 2 amide bonds. The molecule has 258 valence electrons. The molecular formula is C39H43Cl2N3O4S. The average Bonchev–Trinajstić information content (AvgIpc) is 3.06. The molecule has 0 aromatic heterocycles. The van der Waals surface area contributed by atoms with Crippen molar-refractivity contribution in [1.29, 1.82) is 0 Å². The van der Waals surface area contributed by atoms with E-state index in [0.717, 1.165) is 58.7 Å². The zero-order chi connectivity index (χ0) is 35.1. The second-order valence-corrected chi connectivity index (χ2v) is 15.7. The Balaban J connectivity index is 1.60. The van der Waals surface area contributed by atoms with Gasteiger partial charge in [-0.15, -0.1) is 0 Å². The molecule has 10 heteroatoms. The number of nitrogens with one attached hydrogen (secondary N) is 1. The van der Waals surface area contributed by atoms with E-state index >= 15 is 0 Å². The summed E-state index contributed by atoms with van der Waals surface area (Å²) in [5.74, 6) is -0.825. The van der Waals surface area contributed by atoms with Crippen molar-refractivity contribution in [2.24, 2.45) is 0 Å². The Kier molecular flexibility index (Phi) is 12.1. The van der Waals surface area contributed by atoms with E-state index in [0.29, 0.717) is 21.3 Å². The first-order valence-corrected chi connectivity index (χ1v) is 18.9. The lowest BCUT2D eigenvalue weighted by atomic mass is 9.94. The number of amides is 2. The number of aryl methyl sites for hydroxylation is 3. The summed E-state index contributed by atoms with van der Waals surface area (Å²) in [5.41, 5.74) is 4.43. The number of hydrogen-bond acceptors (Lipinski definition) is 4. The van der Waals surface area contributed by atoms with Gasteiger partial charge in [0.25, 0.3) is 10.0 Å². The fourth-order valence-corrected chi connectivity index (χ4v) is 8.26. The molecule has 5 rings (SSSR count). The van der Waals surface area contributed by atoms with E-state index in [-0.39, 0.29) is 29.8 Å². The number of sulfonamides is 1. The average molecular weight is 721 g/mol. The van der Waals surface area contributed by atoms with Gasteiger partial charge in [-0.1, -0.05) is 103 Å². The van der Waals surface area contributed by atoms with Crippen molar-refractivity contribution in [2.45, 2.75) is 82.8 Å². The van der Waals surface area contributed by atoms with Crippen LogP contribution in [0.3, 0.4) is 0 Å². The lowest BCUT2D eigenvalue weighted by Crippen LogP contribution is -2.55. The summed E-state index contributed by atoms with van der Waals surface area (Å²) in [6, 6.07) is 25.6. The second kappa shape index (κ2) is 16.2. The van der Waals surface area contributed by atoms with Crippen LogP contribution in [0.4, 0.5) is 5.69 Å². The first-order chi connectivity index (χ1) is 23.4. The van der Waals surface area contributed by atoms with Gasteiger partial charge in [0.1, 0.15) is 12.6 Å². The Morgan fingerprint density at radius 2 is 1.47 bits per heavy atom. The van der Waals surface area contributed by atoms with Gasteiger partial charge in [-0.2, -0.15) is 0 Å². The maximum atomic E-state index is 14.8.